The van der Waals surface area contributed by atoms with Crippen molar-refractivity contribution >= 4 is 52.6 Å². The zero-order valence-corrected chi connectivity index (χ0v) is 18.2. The van der Waals surface area contributed by atoms with Crippen molar-refractivity contribution in [2.75, 3.05) is 6.61 Å². The first-order chi connectivity index (χ1) is 14.2. The Hall–Kier alpha value is -2.32. The summed E-state index contributed by atoms with van der Waals surface area (Å²) < 4.78 is 6.69. The molecule has 2 heterocycles. The Labute approximate surface area is 185 Å². The fourth-order valence-corrected chi connectivity index (χ4v) is 5.46. The molecule has 144 valence electrons. The van der Waals surface area contributed by atoms with Crippen LogP contribution in [0.3, 0.4) is 0 Å². The van der Waals surface area contributed by atoms with Crippen molar-refractivity contribution in [2.24, 2.45) is 0 Å². The number of hydrogen-bond acceptors (Lipinski definition) is 6. The van der Waals surface area contributed by atoms with Gasteiger partial charge < -0.3 is 4.74 Å². The quantitative estimate of drug-likeness (QED) is 0.345. The molecule has 0 radical (unpaired) electrons. The molecule has 0 spiro atoms. The van der Waals surface area contributed by atoms with E-state index in [1.807, 2.05) is 35.7 Å². The fourth-order valence-electron chi connectivity index (χ4n) is 3.39. The second-order valence-electron chi connectivity index (χ2n) is 6.49. The Morgan fingerprint density at radius 2 is 1.97 bits per heavy atom. The predicted octanol–water partition coefficient (Wildman–Crippen LogP) is 6.59. The second kappa shape index (κ2) is 7.84. The average molecular weight is 456 g/mol. The van der Waals surface area contributed by atoms with Crippen LogP contribution in [0.5, 0.6) is 5.75 Å². The number of hydrogen-bond donors (Lipinski definition) is 1. The van der Waals surface area contributed by atoms with E-state index in [4.69, 9.17) is 33.5 Å². The number of thiazole rings is 1. The van der Waals surface area contributed by atoms with Gasteiger partial charge in [0.25, 0.3) is 0 Å². The molecule has 0 saturated heterocycles. The molecule has 1 unspecified atom stereocenters. The van der Waals surface area contributed by atoms with Crippen molar-refractivity contribution in [1.82, 2.24) is 15.2 Å². The maximum atomic E-state index is 6.25. The van der Waals surface area contributed by atoms with Gasteiger partial charge in [0.05, 0.1) is 10.9 Å². The number of fused-ring (bicyclic) bond motifs is 1. The molecule has 8 heteroatoms. The first-order valence-electron chi connectivity index (χ1n) is 8.87. The average Bonchev–Trinajstić information content (AvgIpc) is 3.44. The van der Waals surface area contributed by atoms with Gasteiger partial charge in [-0.15, -0.1) is 11.3 Å². The van der Waals surface area contributed by atoms with Crippen molar-refractivity contribution in [3.8, 4) is 16.5 Å². The molecule has 0 amide bonds. The van der Waals surface area contributed by atoms with Crippen LogP contribution in [-0.4, -0.2) is 21.8 Å². The molecule has 4 aromatic rings. The standard InChI is InChI=1S/C21H14ClN3OS3/c22-15-7-3-4-8-17(15)26-10-13-9-12-5-1-2-6-14(12)18(13)20-23-16(11-28-20)19-24-25-21(27)29-19/h1-9,11,18H,10H2,(H,25,27). The number of H-pyrrole nitrogens is 1. The van der Waals surface area contributed by atoms with Gasteiger partial charge in [0.2, 0.25) is 0 Å². The highest BCUT2D eigenvalue weighted by Crippen LogP contribution is 2.43. The van der Waals surface area contributed by atoms with E-state index in [0.717, 1.165) is 21.3 Å². The third kappa shape index (κ3) is 3.67. The Morgan fingerprint density at radius 1 is 1.14 bits per heavy atom. The monoisotopic (exact) mass is 455 g/mol. The Morgan fingerprint density at radius 3 is 2.79 bits per heavy atom. The number of benzene rings is 2. The maximum absolute atomic E-state index is 6.25. The van der Waals surface area contributed by atoms with E-state index < -0.39 is 0 Å². The number of ether oxygens (including phenoxy) is 1. The molecule has 0 fully saturated rings. The highest BCUT2D eigenvalue weighted by atomic mass is 35.5. The van der Waals surface area contributed by atoms with Crippen LogP contribution < -0.4 is 4.74 Å². The van der Waals surface area contributed by atoms with E-state index in [2.05, 4.69) is 34.5 Å². The van der Waals surface area contributed by atoms with Crippen molar-refractivity contribution in [1.29, 1.82) is 0 Å². The summed E-state index contributed by atoms with van der Waals surface area (Å²) in [4.78, 5) is 4.88. The fraction of sp³-hybridized carbons (Fsp3) is 0.0952. The molecular formula is C21H14ClN3OS3. The van der Waals surface area contributed by atoms with Gasteiger partial charge in [0.1, 0.15) is 23.1 Å². The van der Waals surface area contributed by atoms with Gasteiger partial charge in [-0.05, 0) is 41.1 Å². The first-order valence-corrected chi connectivity index (χ1v) is 11.4. The smallest absolute Gasteiger partial charge is 0.176 e. The first kappa shape index (κ1) is 18.7. The molecule has 1 aliphatic rings. The second-order valence-corrected chi connectivity index (χ2v) is 9.45. The Balaban J connectivity index is 1.47. The van der Waals surface area contributed by atoms with Crippen LogP contribution in [0.4, 0.5) is 0 Å². The van der Waals surface area contributed by atoms with Gasteiger partial charge in [-0.3, -0.25) is 5.10 Å². The zero-order chi connectivity index (χ0) is 19.8. The molecule has 29 heavy (non-hydrogen) atoms. The molecule has 4 nitrogen and oxygen atoms in total. The van der Waals surface area contributed by atoms with E-state index in [9.17, 15) is 0 Å². The number of nitrogens with one attached hydrogen (secondary N) is 1. The summed E-state index contributed by atoms with van der Waals surface area (Å²) >= 11 is 14.5. The molecule has 0 saturated carbocycles. The van der Waals surface area contributed by atoms with Crippen LogP contribution in [-0.2, 0) is 0 Å². The molecule has 1 N–H and O–H groups in total. The van der Waals surface area contributed by atoms with Crippen molar-refractivity contribution in [3.63, 3.8) is 0 Å². The molecule has 2 aromatic carbocycles. The predicted molar refractivity (Wildman–Crippen MR) is 122 cm³/mol. The van der Waals surface area contributed by atoms with Gasteiger partial charge in [0.15, 0.2) is 8.96 Å². The highest BCUT2D eigenvalue weighted by molar-refractivity contribution is 7.73. The van der Waals surface area contributed by atoms with Gasteiger partial charge >= 0.3 is 0 Å². The third-order valence-electron chi connectivity index (χ3n) is 4.68. The normalized spacial score (nSPS) is 15.2. The minimum atomic E-state index is 0.0550. The Kier molecular flexibility index (Phi) is 5.05. The number of aromatic amines is 1. The van der Waals surface area contributed by atoms with Gasteiger partial charge in [-0.25, -0.2) is 4.98 Å². The molecule has 0 aliphatic heterocycles. The lowest BCUT2D eigenvalue weighted by atomic mass is 9.97. The van der Waals surface area contributed by atoms with Crippen LogP contribution in [0.25, 0.3) is 16.8 Å². The zero-order valence-electron chi connectivity index (χ0n) is 15.0. The summed E-state index contributed by atoms with van der Waals surface area (Å²) in [6.45, 7) is 0.444. The van der Waals surface area contributed by atoms with Crippen molar-refractivity contribution in [2.45, 2.75) is 5.92 Å². The molecule has 1 aliphatic carbocycles. The molecular weight excluding hydrogens is 442 g/mol. The largest absolute Gasteiger partial charge is 0.488 e. The van der Waals surface area contributed by atoms with Crippen molar-refractivity contribution < 1.29 is 4.74 Å². The molecule has 2 aromatic heterocycles. The van der Waals surface area contributed by atoms with Crippen LogP contribution in [0.2, 0.25) is 5.02 Å². The summed E-state index contributed by atoms with van der Waals surface area (Å²) in [6.07, 6.45) is 2.19. The Bertz CT molecular complexity index is 1270. The summed E-state index contributed by atoms with van der Waals surface area (Å²) in [6, 6.07) is 15.9. The minimum absolute atomic E-state index is 0.0550. The third-order valence-corrected chi connectivity index (χ3v) is 7.01. The number of para-hydroxylation sites is 1. The van der Waals surface area contributed by atoms with Crippen molar-refractivity contribution in [3.05, 3.63) is 84.6 Å². The van der Waals surface area contributed by atoms with Crippen LogP contribution in [0.15, 0.2) is 59.5 Å². The summed E-state index contributed by atoms with van der Waals surface area (Å²) in [5.41, 5.74) is 4.43. The van der Waals surface area contributed by atoms with E-state index in [1.165, 1.54) is 22.5 Å². The number of aromatic nitrogens is 3. The van der Waals surface area contributed by atoms with E-state index >= 15 is 0 Å². The lowest BCUT2D eigenvalue weighted by molar-refractivity contribution is 0.348. The summed E-state index contributed by atoms with van der Waals surface area (Å²) in [5, 5.41) is 11.5. The van der Waals surface area contributed by atoms with Gasteiger partial charge in [0, 0.05) is 5.38 Å². The number of nitrogens with zero attached hydrogens (tertiary/aromatic N) is 2. The maximum Gasteiger partial charge on any atom is 0.176 e. The summed E-state index contributed by atoms with van der Waals surface area (Å²) in [5.74, 6) is 0.736. The number of rotatable bonds is 5. The molecule has 5 rings (SSSR count). The lowest BCUT2D eigenvalue weighted by Gasteiger charge is -2.16. The van der Waals surface area contributed by atoms with E-state index in [1.54, 1.807) is 11.3 Å². The van der Waals surface area contributed by atoms with Gasteiger partial charge in [-0.1, -0.05) is 65.4 Å². The van der Waals surface area contributed by atoms with Crippen LogP contribution in [0, 0.1) is 3.95 Å². The van der Waals surface area contributed by atoms with Crippen LogP contribution in [0.1, 0.15) is 22.1 Å². The minimum Gasteiger partial charge on any atom is -0.488 e. The van der Waals surface area contributed by atoms with Crippen LogP contribution >= 0.6 is 46.5 Å². The van der Waals surface area contributed by atoms with E-state index in [0.29, 0.717) is 21.3 Å². The van der Waals surface area contributed by atoms with E-state index in [-0.39, 0.29) is 5.92 Å². The number of halogens is 1. The molecule has 1 atom stereocenters. The lowest BCUT2D eigenvalue weighted by Crippen LogP contribution is -2.09. The summed E-state index contributed by atoms with van der Waals surface area (Å²) in [7, 11) is 0. The SMILES string of the molecule is S=c1[nH]nc(-c2csc(C3C(COc4ccccc4Cl)=Cc4ccccc43)n2)s1. The topological polar surface area (TPSA) is 50.8 Å². The van der Waals surface area contributed by atoms with Gasteiger partial charge in [-0.2, -0.15) is 5.10 Å². The molecule has 0 bridgehead atoms. The highest BCUT2D eigenvalue weighted by Gasteiger charge is 2.30.